The minimum Gasteiger partial charge on any atom is -0.373 e. The maximum atomic E-state index is 4.59. The highest BCUT2D eigenvalue weighted by atomic mass is 32.1. The summed E-state index contributed by atoms with van der Waals surface area (Å²) in [5.74, 6) is 0.835. The molecule has 0 spiro atoms. The van der Waals surface area contributed by atoms with Crippen molar-refractivity contribution in [2.75, 3.05) is 31.6 Å². The molecule has 2 aromatic rings. The Balaban J connectivity index is 1.82. The van der Waals surface area contributed by atoms with Crippen LogP contribution in [-0.2, 0) is 6.54 Å². The van der Waals surface area contributed by atoms with Crippen LogP contribution in [0.5, 0.6) is 0 Å². The summed E-state index contributed by atoms with van der Waals surface area (Å²) in [5.41, 5.74) is 1.22. The second-order valence-electron chi connectivity index (χ2n) is 5.24. The number of nitrogens with zero attached hydrogens (tertiary/aromatic N) is 3. The van der Waals surface area contributed by atoms with E-state index in [0.717, 1.165) is 30.6 Å². The number of aliphatic imine (C=N–C) groups is 1. The standard InChI is InChI=1S/C17H25N5S/c1-4-18-17(21-13-16-20-12-14(2)23-16)19-10-11-22(3)15-8-6-5-7-9-15/h5-9,12H,4,10-11,13H2,1-3H3,(H2,18,19,21). The molecule has 5 nitrogen and oxygen atoms in total. The van der Waals surface area contributed by atoms with E-state index >= 15 is 0 Å². The summed E-state index contributed by atoms with van der Waals surface area (Å²) < 4.78 is 0. The monoisotopic (exact) mass is 331 g/mol. The van der Waals surface area contributed by atoms with Crippen molar-refractivity contribution in [1.29, 1.82) is 0 Å². The number of anilines is 1. The average Bonchev–Trinajstić information content (AvgIpc) is 2.99. The molecular weight excluding hydrogens is 306 g/mol. The number of para-hydroxylation sites is 1. The lowest BCUT2D eigenvalue weighted by Crippen LogP contribution is -2.41. The summed E-state index contributed by atoms with van der Waals surface area (Å²) >= 11 is 1.69. The van der Waals surface area contributed by atoms with Gasteiger partial charge in [-0.15, -0.1) is 11.3 Å². The Morgan fingerprint density at radius 1 is 1.26 bits per heavy atom. The molecule has 0 aliphatic rings. The summed E-state index contributed by atoms with van der Waals surface area (Å²) in [5, 5.41) is 7.69. The van der Waals surface area contributed by atoms with E-state index in [9.17, 15) is 0 Å². The van der Waals surface area contributed by atoms with Gasteiger partial charge in [0.25, 0.3) is 0 Å². The van der Waals surface area contributed by atoms with Crippen LogP contribution in [0.15, 0.2) is 41.5 Å². The zero-order chi connectivity index (χ0) is 16.5. The SMILES string of the molecule is CCNC(=NCc1ncc(C)s1)NCCN(C)c1ccccc1. The highest BCUT2D eigenvalue weighted by Crippen LogP contribution is 2.12. The van der Waals surface area contributed by atoms with Gasteiger partial charge >= 0.3 is 0 Å². The Morgan fingerprint density at radius 3 is 2.70 bits per heavy atom. The van der Waals surface area contributed by atoms with Crippen molar-refractivity contribution in [2.45, 2.75) is 20.4 Å². The van der Waals surface area contributed by atoms with Crippen molar-refractivity contribution in [2.24, 2.45) is 4.99 Å². The van der Waals surface area contributed by atoms with Crippen LogP contribution in [-0.4, -0.2) is 37.6 Å². The van der Waals surface area contributed by atoms with E-state index in [2.05, 4.69) is 70.7 Å². The third-order valence-corrected chi connectivity index (χ3v) is 4.22. The van der Waals surface area contributed by atoms with Crippen molar-refractivity contribution in [1.82, 2.24) is 15.6 Å². The molecule has 124 valence electrons. The molecule has 0 aliphatic heterocycles. The van der Waals surface area contributed by atoms with Crippen molar-refractivity contribution in [3.05, 3.63) is 46.4 Å². The van der Waals surface area contributed by atoms with E-state index in [1.165, 1.54) is 10.6 Å². The van der Waals surface area contributed by atoms with Gasteiger partial charge in [-0.1, -0.05) is 18.2 Å². The molecule has 2 rings (SSSR count). The normalized spacial score (nSPS) is 11.3. The third kappa shape index (κ3) is 5.90. The lowest BCUT2D eigenvalue weighted by atomic mass is 10.3. The summed E-state index contributed by atoms with van der Waals surface area (Å²) in [6, 6.07) is 10.4. The molecule has 23 heavy (non-hydrogen) atoms. The van der Waals surface area contributed by atoms with E-state index in [-0.39, 0.29) is 0 Å². The molecule has 1 aromatic carbocycles. The molecule has 0 saturated carbocycles. The molecule has 0 unspecified atom stereocenters. The van der Waals surface area contributed by atoms with Crippen LogP contribution in [0.3, 0.4) is 0 Å². The van der Waals surface area contributed by atoms with Crippen LogP contribution in [0.25, 0.3) is 0 Å². The van der Waals surface area contributed by atoms with E-state index in [1.54, 1.807) is 11.3 Å². The molecule has 6 heteroatoms. The average molecular weight is 331 g/mol. The van der Waals surface area contributed by atoms with Gasteiger partial charge in [0, 0.05) is 43.4 Å². The molecule has 1 heterocycles. The van der Waals surface area contributed by atoms with Crippen LogP contribution in [0, 0.1) is 6.92 Å². The molecular formula is C17H25N5S. The van der Waals surface area contributed by atoms with E-state index in [4.69, 9.17) is 0 Å². The number of aryl methyl sites for hydroxylation is 1. The van der Waals surface area contributed by atoms with E-state index < -0.39 is 0 Å². The predicted octanol–water partition coefficient (Wildman–Crippen LogP) is 2.64. The molecule has 0 bridgehead atoms. The first-order valence-electron chi connectivity index (χ1n) is 7.88. The van der Waals surface area contributed by atoms with Gasteiger partial charge in [-0.2, -0.15) is 0 Å². The Bertz CT molecular complexity index is 608. The third-order valence-electron chi connectivity index (χ3n) is 3.32. The first kappa shape index (κ1) is 17.3. The second-order valence-corrected chi connectivity index (χ2v) is 6.56. The molecule has 0 saturated heterocycles. The lowest BCUT2D eigenvalue weighted by Gasteiger charge is -2.20. The predicted molar refractivity (Wildman–Crippen MR) is 99.4 cm³/mol. The number of benzene rings is 1. The Kier molecular flexibility index (Phi) is 6.87. The fraction of sp³-hybridized carbons (Fsp3) is 0.412. The summed E-state index contributed by atoms with van der Waals surface area (Å²) in [4.78, 5) is 12.4. The van der Waals surface area contributed by atoms with Gasteiger partial charge < -0.3 is 15.5 Å². The molecule has 1 aromatic heterocycles. The quantitative estimate of drug-likeness (QED) is 0.605. The van der Waals surface area contributed by atoms with Crippen molar-refractivity contribution in [3.8, 4) is 0 Å². The molecule has 0 aliphatic carbocycles. The van der Waals surface area contributed by atoms with Gasteiger partial charge in [0.15, 0.2) is 5.96 Å². The topological polar surface area (TPSA) is 52.6 Å². The maximum absolute atomic E-state index is 4.59. The van der Waals surface area contributed by atoms with Crippen LogP contribution < -0.4 is 15.5 Å². The van der Waals surface area contributed by atoms with Gasteiger partial charge in [-0.25, -0.2) is 9.98 Å². The summed E-state index contributed by atoms with van der Waals surface area (Å²) in [7, 11) is 2.10. The minimum atomic E-state index is 0.613. The summed E-state index contributed by atoms with van der Waals surface area (Å²) in [6.07, 6.45) is 1.89. The second kappa shape index (κ2) is 9.15. The van der Waals surface area contributed by atoms with Gasteiger partial charge in [0.2, 0.25) is 0 Å². The number of guanidine groups is 1. The number of thiazole rings is 1. The number of aromatic nitrogens is 1. The minimum absolute atomic E-state index is 0.613. The van der Waals surface area contributed by atoms with E-state index in [1.807, 2.05) is 12.3 Å². The maximum Gasteiger partial charge on any atom is 0.191 e. The fourth-order valence-corrected chi connectivity index (χ4v) is 2.83. The number of hydrogen-bond donors (Lipinski definition) is 2. The molecule has 0 atom stereocenters. The number of rotatable bonds is 7. The van der Waals surface area contributed by atoms with Crippen LogP contribution in [0.2, 0.25) is 0 Å². The van der Waals surface area contributed by atoms with Crippen LogP contribution in [0.1, 0.15) is 16.8 Å². The largest absolute Gasteiger partial charge is 0.373 e. The first-order valence-corrected chi connectivity index (χ1v) is 8.70. The van der Waals surface area contributed by atoms with E-state index in [0.29, 0.717) is 6.54 Å². The molecule has 0 fully saturated rings. The molecule has 0 amide bonds. The van der Waals surface area contributed by atoms with Crippen LogP contribution in [0.4, 0.5) is 5.69 Å². The number of hydrogen-bond acceptors (Lipinski definition) is 4. The highest BCUT2D eigenvalue weighted by Gasteiger charge is 2.02. The highest BCUT2D eigenvalue weighted by molar-refractivity contribution is 7.11. The smallest absolute Gasteiger partial charge is 0.191 e. The molecule has 0 radical (unpaired) electrons. The summed E-state index contributed by atoms with van der Waals surface area (Å²) in [6.45, 7) is 7.33. The Hall–Kier alpha value is -2.08. The van der Waals surface area contributed by atoms with Gasteiger partial charge in [-0.3, -0.25) is 0 Å². The van der Waals surface area contributed by atoms with Gasteiger partial charge in [0.05, 0.1) is 6.54 Å². The first-order chi connectivity index (χ1) is 11.2. The number of nitrogens with one attached hydrogen (secondary N) is 2. The van der Waals surface area contributed by atoms with Gasteiger partial charge in [-0.05, 0) is 26.0 Å². The lowest BCUT2D eigenvalue weighted by molar-refractivity contribution is 0.780. The van der Waals surface area contributed by atoms with Crippen LogP contribution >= 0.6 is 11.3 Å². The van der Waals surface area contributed by atoms with Crippen molar-refractivity contribution in [3.63, 3.8) is 0 Å². The fourth-order valence-electron chi connectivity index (χ4n) is 2.12. The Morgan fingerprint density at radius 2 is 2.04 bits per heavy atom. The van der Waals surface area contributed by atoms with Gasteiger partial charge in [0.1, 0.15) is 5.01 Å². The Labute approximate surface area is 142 Å². The zero-order valence-corrected chi connectivity index (χ0v) is 14.9. The van der Waals surface area contributed by atoms with Crippen molar-refractivity contribution < 1.29 is 0 Å². The zero-order valence-electron chi connectivity index (χ0n) is 14.0. The van der Waals surface area contributed by atoms with Crippen molar-refractivity contribution >= 4 is 23.0 Å². The molecule has 2 N–H and O–H groups in total. The number of likely N-dealkylation sites (N-methyl/N-ethyl adjacent to an activating group) is 1.